The fraction of sp³-hybridized carbons (Fsp3) is 0.400. The van der Waals surface area contributed by atoms with Crippen molar-refractivity contribution in [2.75, 3.05) is 26.9 Å². The van der Waals surface area contributed by atoms with Crippen LogP contribution in [0.4, 0.5) is 0 Å². The molecule has 118 valence electrons. The Balaban J connectivity index is 1.93. The molecule has 0 saturated carbocycles. The first-order valence-electron chi connectivity index (χ1n) is 7.07. The highest BCUT2D eigenvalue weighted by atomic mass is 35.5. The minimum absolute atomic E-state index is 0.134. The number of morpholine rings is 1. The molecule has 5 nitrogen and oxygen atoms in total. The average molecular weight is 340 g/mol. The van der Waals surface area contributed by atoms with Crippen LogP contribution in [0.15, 0.2) is 18.3 Å². The Hall–Kier alpha value is -1.50. The van der Waals surface area contributed by atoms with Crippen molar-refractivity contribution in [2.45, 2.75) is 12.5 Å². The van der Waals surface area contributed by atoms with Crippen LogP contribution in [0.2, 0.25) is 5.02 Å². The van der Waals surface area contributed by atoms with E-state index < -0.39 is 0 Å². The van der Waals surface area contributed by atoms with Gasteiger partial charge in [-0.25, -0.2) is 0 Å². The lowest BCUT2D eigenvalue weighted by Crippen LogP contribution is -2.51. The third-order valence-corrected chi connectivity index (χ3v) is 4.44. The zero-order valence-electron chi connectivity index (χ0n) is 12.3. The van der Waals surface area contributed by atoms with Gasteiger partial charge in [-0.2, -0.15) is 0 Å². The molecule has 3 rings (SSSR count). The van der Waals surface area contributed by atoms with Crippen LogP contribution in [0.5, 0.6) is 5.75 Å². The average Bonchev–Trinajstić information content (AvgIpc) is 2.89. The maximum Gasteiger partial charge on any atom is 0.166 e. The third kappa shape index (κ3) is 2.86. The van der Waals surface area contributed by atoms with Gasteiger partial charge in [0.2, 0.25) is 0 Å². The van der Waals surface area contributed by atoms with Crippen LogP contribution in [0.25, 0.3) is 10.9 Å². The van der Waals surface area contributed by atoms with E-state index >= 15 is 0 Å². The van der Waals surface area contributed by atoms with Gasteiger partial charge in [-0.15, -0.1) is 0 Å². The van der Waals surface area contributed by atoms with Crippen LogP contribution in [0, 0.1) is 0 Å². The molecule has 2 aromatic rings. The van der Waals surface area contributed by atoms with Crippen LogP contribution in [-0.2, 0) is 11.2 Å². The summed E-state index contributed by atoms with van der Waals surface area (Å²) in [6, 6.07) is 3.88. The van der Waals surface area contributed by atoms with Gasteiger partial charge in [0, 0.05) is 29.2 Å². The Bertz CT molecular complexity index is 703. The molecule has 1 aromatic heterocycles. The summed E-state index contributed by atoms with van der Waals surface area (Å²) < 4.78 is 11.0. The molecule has 1 aromatic carbocycles. The number of ether oxygens (including phenoxy) is 2. The van der Waals surface area contributed by atoms with E-state index in [2.05, 4.69) is 4.98 Å². The first-order chi connectivity index (χ1) is 10.6. The van der Waals surface area contributed by atoms with E-state index in [4.69, 9.17) is 39.0 Å². The van der Waals surface area contributed by atoms with Crippen molar-refractivity contribution >= 4 is 39.8 Å². The fourth-order valence-corrected chi connectivity index (χ4v) is 3.37. The number of methoxy groups -OCH3 is 1. The van der Waals surface area contributed by atoms with Gasteiger partial charge >= 0.3 is 0 Å². The molecule has 0 aliphatic carbocycles. The molecule has 22 heavy (non-hydrogen) atoms. The molecule has 1 atom stereocenters. The van der Waals surface area contributed by atoms with Crippen molar-refractivity contribution in [1.82, 2.24) is 9.88 Å². The number of nitrogens with two attached hydrogens (primary N) is 1. The smallest absolute Gasteiger partial charge is 0.166 e. The molecule has 1 saturated heterocycles. The Kier molecular flexibility index (Phi) is 4.42. The molecule has 1 fully saturated rings. The van der Waals surface area contributed by atoms with Crippen molar-refractivity contribution in [1.29, 1.82) is 0 Å². The Morgan fingerprint density at radius 1 is 1.59 bits per heavy atom. The van der Waals surface area contributed by atoms with E-state index in [1.54, 1.807) is 13.2 Å². The summed E-state index contributed by atoms with van der Waals surface area (Å²) in [5, 5.41) is 2.12. The van der Waals surface area contributed by atoms with E-state index in [1.165, 1.54) is 0 Å². The first-order valence-corrected chi connectivity index (χ1v) is 7.86. The number of hydrogen-bond donors (Lipinski definition) is 2. The summed E-state index contributed by atoms with van der Waals surface area (Å²) in [5.41, 5.74) is 7.91. The predicted octanol–water partition coefficient (Wildman–Crippen LogP) is 2.32. The molecule has 3 N–H and O–H groups in total. The molecule has 1 aliphatic heterocycles. The second-order valence-corrected chi connectivity index (χ2v) is 6.16. The minimum Gasteiger partial charge on any atom is -0.495 e. The quantitative estimate of drug-likeness (QED) is 0.840. The largest absolute Gasteiger partial charge is 0.495 e. The number of rotatable bonds is 3. The Morgan fingerprint density at radius 2 is 2.41 bits per heavy atom. The van der Waals surface area contributed by atoms with Crippen LogP contribution in [0.1, 0.15) is 5.56 Å². The zero-order valence-corrected chi connectivity index (χ0v) is 13.8. The predicted molar refractivity (Wildman–Crippen MR) is 91.7 cm³/mol. The molecular weight excluding hydrogens is 322 g/mol. The van der Waals surface area contributed by atoms with E-state index in [-0.39, 0.29) is 6.04 Å². The van der Waals surface area contributed by atoms with E-state index in [0.29, 0.717) is 23.3 Å². The number of aromatic nitrogens is 1. The van der Waals surface area contributed by atoms with Crippen LogP contribution < -0.4 is 10.5 Å². The summed E-state index contributed by atoms with van der Waals surface area (Å²) in [6.45, 7) is 2.00. The van der Waals surface area contributed by atoms with Gasteiger partial charge in [-0.1, -0.05) is 11.6 Å². The maximum absolute atomic E-state index is 6.18. The molecule has 0 amide bonds. The van der Waals surface area contributed by atoms with Crippen LogP contribution in [0.3, 0.4) is 0 Å². The second kappa shape index (κ2) is 6.32. The van der Waals surface area contributed by atoms with Gasteiger partial charge in [-0.3, -0.25) is 0 Å². The number of H-pyrrole nitrogens is 1. The standard InChI is InChI=1S/C15H18ClN3O2S/c1-20-13-6-10(16)5-12-9(7-18-14(12)13)4-11-8-21-3-2-19(11)15(17)22/h5-7,11,18H,2-4,8H2,1H3,(H2,17,22)/t11-/m0/s1. The van der Waals surface area contributed by atoms with Crippen LogP contribution in [-0.4, -0.2) is 47.9 Å². The highest BCUT2D eigenvalue weighted by Crippen LogP contribution is 2.32. The van der Waals surface area contributed by atoms with Crippen molar-refractivity contribution < 1.29 is 9.47 Å². The molecule has 0 unspecified atom stereocenters. The molecule has 2 heterocycles. The number of halogens is 1. The molecule has 7 heteroatoms. The maximum atomic E-state index is 6.18. The monoisotopic (exact) mass is 339 g/mol. The molecule has 1 aliphatic rings. The topological polar surface area (TPSA) is 63.5 Å². The number of fused-ring (bicyclic) bond motifs is 1. The van der Waals surface area contributed by atoms with Gasteiger partial charge in [0.05, 0.1) is 31.9 Å². The lowest BCUT2D eigenvalue weighted by atomic mass is 10.0. The molecule has 0 bridgehead atoms. The van der Waals surface area contributed by atoms with Gasteiger partial charge in [0.15, 0.2) is 5.11 Å². The highest BCUT2D eigenvalue weighted by Gasteiger charge is 2.25. The summed E-state index contributed by atoms with van der Waals surface area (Å²) in [5.74, 6) is 0.736. The normalized spacial score (nSPS) is 18.6. The number of aromatic amines is 1. The summed E-state index contributed by atoms with van der Waals surface area (Å²) in [7, 11) is 1.63. The minimum atomic E-state index is 0.134. The van der Waals surface area contributed by atoms with Crippen molar-refractivity contribution in [3.63, 3.8) is 0 Å². The Labute approximate surface area is 139 Å². The zero-order chi connectivity index (χ0) is 15.7. The number of nitrogens with zero attached hydrogens (tertiary/aromatic N) is 1. The Morgan fingerprint density at radius 3 is 3.14 bits per heavy atom. The lowest BCUT2D eigenvalue weighted by Gasteiger charge is -2.36. The van der Waals surface area contributed by atoms with E-state index in [1.807, 2.05) is 17.2 Å². The third-order valence-electron chi connectivity index (χ3n) is 3.99. The van der Waals surface area contributed by atoms with Crippen molar-refractivity contribution in [3.8, 4) is 5.75 Å². The van der Waals surface area contributed by atoms with Gasteiger partial charge in [0.1, 0.15) is 5.75 Å². The lowest BCUT2D eigenvalue weighted by molar-refractivity contribution is 0.0274. The van der Waals surface area contributed by atoms with Gasteiger partial charge in [0.25, 0.3) is 0 Å². The van der Waals surface area contributed by atoms with Gasteiger partial charge in [-0.05, 0) is 30.3 Å². The molecular formula is C15H18ClN3O2S. The second-order valence-electron chi connectivity index (χ2n) is 5.31. The van der Waals surface area contributed by atoms with Crippen LogP contribution >= 0.6 is 23.8 Å². The molecule has 0 radical (unpaired) electrons. The number of nitrogens with one attached hydrogen (secondary N) is 1. The van der Waals surface area contributed by atoms with E-state index in [0.717, 1.165) is 35.2 Å². The fourth-order valence-electron chi connectivity index (χ4n) is 2.92. The summed E-state index contributed by atoms with van der Waals surface area (Å²) >= 11 is 11.3. The molecule has 0 spiro atoms. The van der Waals surface area contributed by atoms with Crippen molar-refractivity contribution in [2.24, 2.45) is 5.73 Å². The highest BCUT2D eigenvalue weighted by molar-refractivity contribution is 7.80. The van der Waals surface area contributed by atoms with Gasteiger partial charge < -0.3 is 25.1 Å². The number of hydrogen-bond acceptors (Lipinski definition) is 3. The first kappa shape index (κ1) is 15.4. The SMILES string of the molecule is COc1cc(Cl)cc2c(C[C@H]3COCCN3C(N)=S)c[nH]c12. The van der Waals surface area contributed by atoms with Crippen molar-refractivity contribution in [3.05, 3.63) is 28.9 Å². The van der Waals surface area contributed by atoms with E-state index in [9.17, 15) is 0 Å². The number of benzene rings is 1. The summed E-state index contributed by atoms with van der Waals surface area (Å²) in [4.78, 5) is 5.29. The summed E-state index contributed by atoms with van der Waals surface area (Å²) in [6.07, 6.45) is 2.76. The number of thiocarbonyl (C=S) groups is 1.